The van der Waals surface area contributed by atoms with Crippen LogP contribution in [-0.2, 0) is 9.47 Å². The van der Waals surface area contributed by atoms with Gasteiger partial charge in [-0.05, 0) is 12.1 Å². The van der Waals surface area contributed by atoms with Crippen molar-refractivity contribution in [2.45, 2.75) is 38.5 Å². The summed E-state index contributed by atoms with van der Waals surface area (Å²) in [4.78, 5) is 12.7. The Labute approximate surface area is 169 Å². The maximum atomic E-state index is 11.9. The number of ether oxygens (including phenoxy) is 2. The third-order valence-electron chi connectivity index (χ3n) is 3.53. The molecule has 1 aromatic carbocycles. The molecular formula is C15H18Cl3NO6S. The average molecular weight is 447 g/mol. The molecule has 2 unspecified atom stereocenters. The number of thioether (sulfide) groups is 1. The lowest BCUT2D eigenvalue weighted by atomic mass is 9.98. The fourth-order valence-electron chi connectivity index (χ4n) is 2.29. The van der Waals surface area contributed by atoms with Gasteiger partial charge in [0.15, 0.2) is 0 Å². The first kappa shape index (κ1) is 21.8. The third kappa shape index (κ3) is 6.31. The number of halogens is 3. The first-order valence-corrected chi connectivity index (χ1v) is 9.57. The summed E-state index contributed by atoms with van der Waals surface area (Å²) in [6.07, 6.45) is -4.74. The molecule has 4 N–H and O–H groups in total. The summed E-state index contributed by atoms with van der Waals surface area (Å²) in [5, 5.41) is 32.2. The molecule has 1 saturated heterocycles. The van der Waals surface area contributed by atoms with Crippen LogP contribution < -0.4 is 5.32 Å². The first-order valence-electron chi connectivity index (χ1n) is 7.55. The molecule has 0 aromatic heterocycles. The second-order valence-electron chi connectivity index (χ2n) is 5.50. The van der Waals surface area contributed by atoms with Crippen molar-refractivity contribution in [3.8, 4) is 0 Å². The maximum absolute atomic E-state index is 11.9. The number of carbonyl (C=O) groups excluding carboxylic acids is 1. The van der Waals surface area contributed by atoms with E-state index in [4.69, 9.17) is 44.3 Å². The summed E-state index contributed by atoms with van der Waals surface area (Å²) >= 11 is 17.8. The predicted octanol–water partition coefficient (Wildman–Crippen LogP) is 1.68. The zero-order valence-corrected chi connectivity index (χ0v) is 16.4. The van der Waals surface area contributed by atoms with Gasteiger partial charge in [-0.3, -0.25) is 0 Å². The zero-order valence-electron chi connectivity index (χ0n) is 13.3. The van der Waals surface area contributed by atoms with E-state index >= 15 is 0 Å². The summed E-state index contributed by atoms with van der Waals surface area (Å²) in [5.41, 5.74) is -0.798. The van der Waals surface area contributed by atoms with Gasteiger partial charge < -0.3 is 30.1 Å². The fraction of sp³-hybridized carbons (Fsp3) is 0.533. The molecule has 146 valence electrons. The number of amides is 1. The average Bonchev–Trinajstić information content (AvgIpc) is 2.59. The fourth-order valence-corrected chi connectivity index (χ4v) is 3.61. The van der Waals surface area contributed by atoms with E-state index in [0.717, 1.165) is 4.90 Å². The van der Waals surface area contributed by atoms with Crippen molar-refractivity contribution >= 4 is 52.7 Å². The Kier molecular flexibility index (Phi) is 8.11. The molecule has 7 nitrogen and oxygen atoms in total. The van der Waals surface area contributed by atoms with Gasteiger partial charge >= 0.3 is 6.09 Å². The van der Waals surface area contributed by atoms with E-state index in [-0.39, 0.29) is 0 Å². The molecule has 0 aliphatic carbocycles. The molecule has 1 fully saturated rings. The standard InChI is InChI=1S/C15H18Cl3NO6S/c16-15(17,18)7-24-14(23)19-10-12(22)11(21)9(6-20)25-13(10)26-8-4-2-1-3-5-8/h1-5,9-13,20-22H,6-7H2,(H,19,23)/t9?,10?,11-,12+,13-/m0/s1. The largest absolute Gasteiger partial charge is 0.445 e. The van der Waals surface area contributed by atoms with Gasteiger partial charge in [0.2, 0.25) is 3.79 Å². The zero-order chi connectivity index (χ0) is 19.3. The Hall–Kier alpha value is -0.450. The van der Waals surface area contributed by atoms with Gasteiger partial charge in [0.1, 0.15) is 30.4 Å². The van der Waals surface area contributed by atoms with Crippen LogP contribution in [0.3, 0.4) is 0 Å². The Balaban J connectivity index is 2.10. The minimum atomic E-state index is -1.78. The van der Waals surface area contributed by atoms with Gasteiger partial charge in [0.05, 0.1) is 12.6 Å². The minimum Gasteiger partial charge on any atom is -0.445 e. The first-order chi connectivity index (χ1) is 12.2. The van der Waals surface area contributed by atoms with Crippen molar-refractivity contribution in [2.24, 2.45) is 0 Å². The molecular weight excluding hydrogens is 429 g/mol. The second kappa shape index (κ2) is 9.66. The molecule has 1 aromatic rings. The number of benzene rings is 1. The van der Waals surface area contributed by atoms with Crippen molar-refractivity contribution in [2.75, 3.05) is 13.2 Å². The van der Waals surface area contributed by atoms with E-state index in [0.29, 0.717) is 0 Å². The molecule has 5 atom stereocenters. The molecule has 1 amide bonds. The highest BCUT2D eigenvalue weighted by atomic mass is 35.6. The predicted molar refractivity (Wildman–Crippen MR) is 98.6 cm³/mol. The summed E-state index contributed by atoms with van der Waals surface area (Å²) < 4.78 is 8.65. The van der Waals surface area contributed by atoms with Crippen LogP contribution in [0.2, 0.25) is 0 Å². The van der Waals surface area contributed by atoms with Crippen molar-refractivity contribution in [3.05, 3.63) is 30.3 Å². The normalized spacial score (nSPS) is 29.2. The van der Waals surface area contributed by atoms with Crippen LogP contribution in [0.4, 0.5) is 4.79 Å². The lowest BCUT2D eigenvalue weighted by molar-refractivity contribution is -0.170. The summed E-state index contributed by atoms with van der Waals surface area (Å²) in [6, 6.07) is 8.08. The van der Waals surface area contributed by atoms with E-state index in [1.54, 1.807) is 0 Å². The van der Waals surface area contributed by atoms with Crippen LogP contribution >= 0.6 is 46.6 Å². The number of rotatable bonds is 5. The van der Waals surface area contributed by atoms with Crippen molar-refractivity contribution in [1.82, 2.24) is 5.32 Å². The smallest absolute Gasteiger partial charge is 0.407 e. The van der Waals surface area contributed by atoms with Gasteiger partial charge in [-0.15, -0.1) is 0 Å². The number of nitrogens with one attached hydrogen (secondary N) is 1. The second-order valence-corrected chi connectivity index (χ2v) is 9.19. The highest BCUT2D eigenvalue weighted by molar-refractivity contribution is 7.99. The van der Waals surface area contributed by atoms with E-state index in [9.17, 15) is 20.1 Å². The van der Waals surface area contributed by atoms with Gasteiger partial charge in [-0.2, -0.15) is 0 Å². The van der Waals surface area contributed by atoms with Crippen molar-refractivity contribution in [1.29, 1.82) is 0 Å². The number of hydrogen-bond acceptors (Lipinski definition) is 7. The van der Waals surface area contributed by atoms with E-state index < -0.39 is 52.9 Å². The highest BCUT2D eigenvalue weighted by Crippen LogP contribution is 2.33. The van der Waals surface area contributed by atoms with E-state index in [2.05, 4.69) is 5.32 Å². The Bertz CT molecular complexity index is 590. The number of alkyl halides is 3. The number of carbonyl (C=O) groups is 1. The molecule has 1 heterocycles. The van der Waals surface area contributed by atoms with Crippen LogP contribution in [0.25, 0.3) is 0 Å². The molecule has 1 aliphatic rings. The molecule has 26 heavy (non-hydrogen) atoms. The van der Waals surface area contributed by atoms with Crippen molar-refractivity contribution < 1.29 is 29.6 Å². The number of hydrogen-bond donors (Lipinski definition) is 4. The monoisotopic (exact) mass is 445 g/mol. The van der Waals surface area contributed by atoms with E-state index in [1.807, 2.05) is 30.3 Å². The molecule has 0 spiro atoms. The van der Waals surface area contributed by atoms with Crippen LogP contribution in [0, 0.1) is 0 Å². The number of alkyl carbamates (subject to hydrolysis) is 1. The van der Waals surface area contributed by atoms with Crippen LogP contribution in [0.1, 0.15) is 0 Å². The summed E-state index contributed by atoms with van der Waals surface area (Å²) in [6.45, 7) is -0.986. The molecule has 1 aliphatic heterocycles. The SMILES string of the molecule is O=C(NC1[C@@H](O)[C@@H](O)C(CO)O[C@H]1Sc1ccccc1)OCC(Cl)(Cl)Cl. The van der Waals surface area contributed by atoms with Crippen LogP contribution in [0.15, 0.2) is 35.2 Å². The van der Waals surface area contributed by atoms with Crippen LogP contribution in [0.5, 0.6) is 0 Å². The lowest BCUT2D eigenvalue weighted by Gasteiger charge is -2.42. The Morgan fingerprint density at radius 2 is 1.88 bits per heavy atom. The third-order valence-corrected chi connectivity index (χ3v) is 5.04. The number of aliphatic hydroxyl groups excluding tert-OH is 3. The molecule has 2 rings (SSSR count). The Morgan fingerprint density at radius 3 is 2.46 bits per heavy atom. The molecule has 0 bridgehead atoms. The van der Waals surface area contributed by atoms with Crippen LogP contribution in [-0.4, -0.2) is 68.2 Å². The Morgan fingerprint density at radius 1 is 1.23 bits per heavy atom. The van der Waals surface area contributed by atoms with Gasteiger partial charge in [-0.1, -0.05) is 64.8 Å². The number of aliphatic hydroxyl groups is 3. The van der Waals surface area contributed by atoms with Gasteiger partial charge in [0, 0.05) is 4.90 Å². The molecule has 0 radical (unpaired) electrons. The lowest BCUT2D eigenvalue weighted by Crippen LogP contribution is -2.63. The van der Waals surface area contributed by atoms with Gasteiger partial charge in [0.25, 0.3) is 0 Å². The molecule has 11 heteroatoms. The maximum Gasteiger partial charge on any atom is 0.407 e. The van der Waals surface area contributed by atoms with Gasteiger partial charge in [-0.25, -0.2) is 4.79 Å². The minimum absolute atomic E-state index is 0.492. The highest BCUT2D eigenvalue weighted by Gasteiger charge is 2.45. The van der Waals surface area contributed by atoms with Crippen molar-refractivity contribution in [3.63, 3.8) is 0 Å². The van der Waals surface area contributed by atoms with E-state index in [1.165, 1.54) is 11.8 Å². The molecule has 0 saturated carbocycles. The quantitative estimate of drug-likeness (QED) is 0.510. The summed E-state index contributed by atoms with van der Waals surface area (Å²) in [7, 11) is 0. The topological polar surface area (TPSA) is 108 Å². The summed E-state index contributed by atoms with van der Waals surface area (Å²) in [5.74, 6) is 0.